The van der Waals surface area contributed by atoms with Crippen LogP contribution in [0.25, 0.3) is 0 Å². The zero-order valence-corrected chi connectivity index (χ0v) is 14.1. The van der Waals surface area contributed by atoms with Gasteiger partial charge in [-0.2, -0.15) is 8.78 Å². The first-order chi connectivity index (χ1) is 12.0. The third-order valence-electron chi connectivity index (χ3n) is 3.11. The zero-order valence-electron chi connectivity index (χ0n) is 13.3. The zero-order chi connectivity index (χ0) is 18.4. The molecule has 2 aromatic rings. The molecule has 0 heterocycles. The Morgan fingerprint density at radius 3 is 2.36 bits per heavy atom. The number of halogens is 2. The minimum Gasteiger partial charge on any atom is -0.493 e. The highest BCUT2D eigenvalue weighted by molar-refractivity contribution is 7.99. The maximum absolute atomic E-state index is 12.6. The predicted molar refractivity (Wildman–Crippen MR) is 87.6 cm³/mol. The monoisotopic (exact) mass is 368 g/mol. The first kappa shape index (κ1) is 18.7. The minimum absolute atomic E-state index is 0.00639. The molecule has 0 bridgehead atoms. The maximum Gasteiger partial charge on any atom is 0.344 e. The van der Waals surface area contributed by atoms with Crippen LogP contribution in [0.1, 0.15) is 20.7 Å². The topological polar surface area (TPSA) is 61.8 Å². The molecular formula is C17H14F2O5S. The third kappa shape index (κ3) is 4.69. The van der Waals surface area contributed by atoms with Crippen LogP contribution in [0.2, 0.25) is 0 Å². The Hall–Kier alpha value is -2.61. The molecule has 132 valence electrons. The van der Waals surface area contributed by atoms with Gasteiger partial charge in [-0.1, -0.05) is 23.9 Å². The highest BCUT2D eigenvalue weighted by Gasteiger charge is 2.19. The quantitative estimate of drug-likeness (QED) is 0.436. The molecule has 0 aromatic heterocycles. The Morgan fingerprint density at radius 1 is 1.00 bits per heavy atom. The molecule has 0 spiro atoms. The van der Waals surface area contributed by atoms with Crippen LogP contribution >= 0.6 is 11.8 Å². The molecule has 0 radical (unpaired) electrons. The van der Waals surface area contributed by atoms with Gasteiger partial charge in [-0.15, -0.1) is 0 Å². The molecule has 5 nitrogen and oxygen atoms in total. The summed E-state index contributed by atoms with van der Waals surface area (Å²) < 4.78 is 40.2. The second-order valence-electron chi connectivity index (χ2n) is 4.62. The molecule has 0 atom stereocenters. The highest BCUT2D eigenvalue weighted by Crippen LogP contribution is 2.32. The summed E-state index contributed by atoms with van der Waals surface area (Å²) in [5, 5.41) is 0. The number of rotatable bonds is 6. The van der Waals surface area contributed by atoms with E-state index in [1.807, 2.05) is 0 Å². The van der Waals surface area contributed by atoms with Gasteiger partial charge < -0.3 is 14.2 Å². The molecule has 0 N–H and O–H groups in total. The number of carbonyl (C=O) groups excluding carboxylic acids is 2. The van der Waals surface area contributed by atoms with Crippen molar-refractivity contribution in [3.05, 3.63) is 53.6 Å². The van der Waals surface area contributed by atoms with E-state index in [1.165, 1.54) is 44.6 Å². The molecule has 8 heteroatoms. The van der Waals surface area contributed by atoms with E-state index < -0.39 is 17.7 Å². The standard InChI is InChI=1S/C17H14F2O5S/c1-22-13-9-10(15(20)23-2)7-8-12(13)24-16(21)11-5-3-4-6-14(11)25-17(18)19/h3-9,17H,1-2H3. The van der Waals surface area contributed by atoms with Gasteiger partial charge in [0.15, 0.2) is 11.5 Å². The normalized spacial score (nSPS) is 10.4. The molecule has 2 rings (SSSR count). The van der Waals surface area contributed by atoms with Crippen molar-refractivity contribution in [3.63, 3.8) is 0 Å². The van der Waals surface area contributed by atoms with Gasteiger partial charge in [0.2, 0.25) is 0 Å². The lowest BCUT2D eigenvalue weighted by molar-refractivity contribution is 0.0600. The number of carbonyl (C=O) groups is 2. The molecule has 0 saturated carbocycles. The number of alkyl halides is 2. The first-order valence-electron chi connectivity index (χ1n) is 6.98. The molecule has 0 unspecified atom stereocenters. The molecule has 0 aliphatic rings. The Kier molecular flexibility index (Phi) is 6.35. The summed E-state index contributed by atoms with van der Waals surface area (Å²) in [6.07, 6.45) is 0. The van der Waals surface area contributed by atoms with E-state index in [4.69, 9.17) is 9.47 Å². The van der Waals surface area contributed by atoms with Gasteiger partial charge in [-0.05, 0) is 30.3 Å². The summed E-state index contributed by atoms with van der Waals surface area (Å²) in [5.41, 5.74) is 0.222. The van der Waals surface area contributed by atoms with Crippen LogP contribution in [0.5, 0.6) is 11.5 Å². The number of thioether (sulfide) groups is 1. The molecule has 0 aliphatic carbocycles. The fourth-order valence-corrected chi connectivity index (χ4v) is 2.61. The van der Waals surface area contributed by atoms with Gasteiger partial charge in [0.05, 0.1) is 25.3 Å². The van der Waals surface area contributed by atoms with E-state index in [0.29, 0.717) is 0 Å². The highest BCUT2D eigenvalue weighted by atomic mass is 32.2. The largest absolute Gasteiger partial charge is 0.493 e. The lowest BCUT2D eigenvalue weighted by atomic mass is 10.2. The van der Waals surface area contributed by atoms with Crippen molar-refractivity contribution in [2.75, 3.05) is 14.2 Å². The van der Waals surface area contributed by atoms with Crippen LogP contribution < -0.4 is 9.47 Å². The number of benzene rings is 2. The molecular weight excluding hydrogens is 354 g/mol. The summed E-state index contributed by atoms with van der Waals surface area (Å²) in [7, 11) is 2.58. The lowest BCUT2D eigenvalue weighted by Gasteiger charge is -2.12. The average Bonchev–Trinajstić information content (AvgIpc) is 2.61. The number of esters is 2. The summed E-state index contributed by atoms with van der Waals surface area (Å²) >= 11 is 0.257. The molecule has 0 saturated heterocycles. The summed E-state index contributed by atoms with van der Waals surface area (Å²) in [6.45, 7) is 0. The summed E-state index contributed by atoms with van der Waals surface area (Å²) in [5.74, 6) is -3.86. The first-order valence-corrected chi connectivity index (χ1v) is 7.86. The Labute approximate surface area is 146 Å². The van der Waals surface area contributed by atoms with E-state index in [9.17, 15) is 18.4 Å². The van der Waals surface area contributed by atoms with Gasteiger partial charge in [0.1, 0.15) is 0 Å². The van der Waals surface area contributed by atoms with Crippen LogP contribution in [-0.4, -0.2) is 31.9 Å². The van der Waals surface area contributed by atoms with Crippen molar-refractivity contribution in [1.82, 2.24) is 0 Å². The lowest BCUT2D eigenvalue weighted by Crippen LogP contribution is -2.11. The minimum atomic E-state index is -2.66. The molecule has 2 aromatic carbocycles. The van der Waals surface area contributed by atoms with Crippen molar-refractivity contribution in [2.45, 2.75) is 10.7 Å². The third-order valence-corrected chi connectivity index (χ3v) is 3.90. The fourth-order valence-electron chi connectivity index (χ4n) is 1.99. The van der Waals surface area contributed by atoms with Gasteiger partial charge in [0.25, 0.3) is 5.76 Å². The van der Waals surface area contributed by atoms with Crippen LogP contribution in [0, 0.1) is 0 Å². The van der Waals surface area contributed by atoms with Crippen molar-refractivity contribution >= 4 is 23.7 Å². The van der Waals surface area contributed by atoms with Crippen molar-refractivity contribution in [1.29, 1.82) is 0 Å². The van der Waals surface area contributed by atoms with Gasteiger partial charge >= 0.3 is 11.9 Å². The predicted octanol–water partition coefficient (Wildman–Crippen LogP) is 4.02. The van der Waals surface area contributed by atoms with E-state index in [-0.39, 0.29) is 39.3 Å². The van der Waals surface area contributed by atoms with Gasteiger partial charge in [-0.25, -0.2) is 9.59 Å². The van der Waals surface area contributed by atoms with E-state index in [1.54, 1.807) is 12.1 Å². The van der Waals surface area contributed by atoms with Crippen LogP contribution in [0.4, 0.5) is 8.78 Å². The maximum atomic E-state index is 12.6. The fraction of sp³-hybridized carbons (Fsp3) is 0.176. The number of hydrogen-bond acceptors (Lipinski definition) is 6. The van der Waals surface area contributed by atoms with Crippen molar-refractivity contribution < 1.29 is 32.6 Å². The average molecular weight is 368 g/mol. The van der Waals surface area contributed by atoms with E-state index in [0.717, 1.165) is 0 Å². The van der Waals surface area contributed by atoms with E-state index >= 15 is 0 Å². The second-order valence-corrected chi connectivity index (χ2v) is 5.65. The summed E-state index contributed by atoms with van der Waals surface area (Å²) in [4.78, 5) is 24.0. The summed E-state index contributed by atoms with van der Waals surface area (Å²) in [6, 6.07) is 10.0. The Bertz CT molecular complexity index is 779. The Morgan fingerprint density at radius 2 is 1.72 bits per heavy atom. The van der Waals surface area contributed by atoms with Crippen LogP contribution in [-0.2, 0) is 4.74 Å². The van der Waals surface area contributed by atoms with Crippen LogP contribution in [0.3, 0.4) is 0 Å². The van der Waals surface area contributed by atoms with Crippen LogP contribution in [0.15, 0.2) is 47.4 Å². The van der Waals surface area contributed by atoms with Gasteiger partial charge in [0, 0.05) is 4.90 Å². The van der Waals surface area contributed by atoms with E-state index in [2.05, 4.69) is 4.74 Å². The van der Waals surface area contributed by atoms with Crippen molar-refractivity contribution in [2.24, 2.45) is 0 Å². The smallest absolute Gasteiger partial charge is 0.344 e. The van der Waals surface area contributed by atoms with Gasteiger partial charge in [-0.3, -0.25) is 0 Å². The molecule has 0 amide bonds. The molecule has 25 heavy (non-hydrogen) atoms. The van der Waals surface area contributed by atoms with Crippen molar-refractivity contribution in [3.8, 4) is 11.5 Å². The SMILES string of the molecule is COC(=O)c1ccc(OC(=O)c2ccccc2SC(F)F)c(OC)c1. The molecule has 0 fully saturated rings. The number of methoxy groups -OCH3 is 2. The number of ether oxygens (including phenoxy) is 3. The Balaban J connectivity index is 2.28. The second kappa shape index (κ2) is 8.48. The number of hydrogen-bond donors (Lipinski definition) is 0. The molecule has 0 aliphatic heterocycles.